The zero-order chi connectivity index (χ0) is 12.1. The van der Waals surface area contributed by atoms with Gasteiger partial charge in [0.05, 0.1) is 13.2 Å². The molecule has 5 heteroatoms. The van der Waals surface area contributed by atoms with Crippen LogP contribution >= 0.6 is 0 Å². The molecule has 0 aromatic heterocycles. The fourth-order valence-corrected chi connectivity index (χ4v) is 1.73. The van der Waals surface area contributed by atoms with Crippen LogP contribution in [0.4, 0.5) is 8.78 Å². The highest BCUT2D eigenvalue weighted by Crippen LogP contribution is 2.24. The van der Waals surface area contributed by atoms with Crippen LogP contribution in [0.15, 0.2) is 0 Å². The summed E-state index contributed by atoms with van der Waals surface area (Å²) < 4.78 is 24.7. The van der Waals surface area contributed by atoms with E-state index >= 15 is 0 Å². The van der Waals surface area contributed by atoms with Gasteiger partial charge in [0.25, 0.3) is 6.43 Å². The van der Waals surface area contributed by atoms with Gasteiger partial charge in [-0.2, -0.15) is 0 Å². The number of hydrogen-bond donors (Lipinski definition) is 2. The minimum Gasteiger partial charge on any atom is -0.395 e. The first kappa shape index (κ1) is 14.7. The Balaban J connectivity index is 4.54. The highest BCUT2D eigenvalue weighted by Gasteiger charge is 2.30. The van der Waals surface area contributed by atoms with Gasteiger partial charge in [-0.1, -0.05) is 20.8 Å². The number of alkyl halides is 2. The fourth-order valence-electron chi connectivity index (χ4n) is 1.73. The van der Waals surface area contributed by atoms with E-state index in [1.165, 1.54) is 0 Å². The zero-order valence-corrected chi connectivity index (χ0v) is 9.71. The molecule has 0 aromatic rings. The molecule has 0 saturated heterocycles. The van der Waals surface area contributed by atoms with Crippen molar-refractivity contribution in [2.75, 3.05) is 26.2 Å². The van der Waals surface area contributed by atoms with Crippen LogP contribution in [0.1, 0.15) is 20.8 Å². The smallest absolute Gasteiger partial charge is 0.251 e. The molecule has 0 heterocycles. The minimum atomic E-state index is -2.40. The largest absolute Gasteiger partial charge is 0.395 e. The lowest BCUT2D eigenvalue weighted by molar-refractivity contribution is 0.0241. The van der Waals surface area contributed by atoms with Crippen LogP contribution in [0.25, 0.3) is 0 Å². The first-order valence-electron chi connectivity index (χ1n) is 5.16. The Bertz CT molecular complexity index is 171. The monoisotopic (exact) mass is 224 g/mol. The Hall–Kier alpha value is -0.260. The van der Waals surface area contributed by atoms with Gasteiger partial charge in [0.2, 0.25) is 0 Å². The van der Waals surface area contributed by atoms with Crippen LogP contribution in [0.2, 0.25) is 0 Å². The van der Waals surface area contributed by atoms with Crippen LogP contribution in [0, 0.1) is 5.41 Å². The van der Waals surface area contributed by atoms with Gasteiger partial charge >= 0.3 is 0 Å². The highest BCUT2D eigenvalue weighted by molar-refractivity contribution is 4.84. The van der Waals surface area contributed by atoms with E-state index in [1.54, 1.807) is 4.90 Å². The average Bonchev–Trinajstić information content (AvgIpc) is 2.01. The topological polar surface area (TPSA) is 49.5 Å². The number of rotatable bonds is 6. The number of nitrogens with zero attached hydrogens (tertiary/aromatic N) is 1. The third-order valence-corrected chi connectivity index (χ3v) is 2.42. The SMILES string of the molecule is CC(C)(C)C(CN)N(CCO)CC(F)F. The molecule has 0 rings (SSSR count). The van der Waals surface area contributed by atoms with Gasteiger partial charge in [0.15, 0.2) is 0 Å². The van der Waals surface area contributed by atoms with Crippen molar-refractivity contribution in [3.63, 3.8) is 0 Å². The van der Waals surface area contributed by atoms with Crippen LogP contribution in [-0.4, -0.2) is 48.7 Å². The van der Waals surface area contributed by atoms with Crippen molar-refractivity contribution in [2.24, 2.45) is 11.1 Å². The molecule has 0 aliphatic rings. The molecule has 3 N–H and O–H groups in total. The van der Waals surface area contributed by atoms with Gasteiger partial charge in [-0.15, -0.1) is 0 Å². The standard InChI is InChI=1S/C10H22F2N2O/c1-10(2,3)8(6-13)14(4-5-15)7-9(11)12/h8-9,15H,4-7,13H2,1-3H3. The van der Waals surface area contributed by atoms with E-state index in [9.17, 15) is 8.78 Å². The molecule has 92 valence electrons. The lowest BCUT2D eigenvalue weighted by atomic mass is 9.85. The molecule has 0 aromatic carbocycles. The Morgan fingerprint density at radius 2 is 1.87 bits per heavy atom. The number of aliphatic hydroxyl groups excluding tert-OH is 1. The predicted octanol–water partition coefficient (Wildman–Crippen LogP) is 0.919. The molecule has 1 unspecified atom stereocenters. The van der Waals surface area contributed by atoms with E-state index in [0.29, 0.717) is 6.54 Å². The number of aliphatic hydroxyl groups is 1. The molecule has 0 spiro atoms. The van der Waals surface area contributed by atoms with Gasteiger partial charge in [-0.3, -0.25) is 4.90 Å². The molecule has 0 saturated carbocycles. The molecule has 0 amide bonds. The van der Waals surface area contributed by atoms with E-state index in [4.69, 9.17) is 10.8 Å². The van der Waals surface area contributed by atoms with Crippen molar-refractivity contribution in [1.29, 1.82) is 0 Å². The van der Waals surface area contributed by atoms with Crippen molar-refractivity contribution in [1.82, 2.24) is 4.90 Å². The van der Waals surface area contributed by atoms with Crippen LogP contribution in [0.3, 0.4) is 0 Å². The lowest BCUT2D eigenvalue weighted by Gasteiger charge is -2.39. The summed E-state index contributed by atoms with van der Waals surface area (Å²) in [5, 5.41) is 8.83. The van der Waals surface area contributed by atoms with Gasteiger partial charge in [0, 0.05) is 19.1 Å². The number of halogens is 2. The molecule has 0 aliphatic heterocycles. The molecule has 3 nitrogen and oxygen atoms in total. The van der Waals surface area contributed by atoms with Gasteiger partial charge in [-0.05, 0) is 5.41 Å². The van der Waals surface area contributed by atoms with E-state index in [2.05, 4.69) is 0 Å². The second-order valence-corrected chi connectivity index (χ2v) is 4.73. The second kappa shape index (κ2) is 6.35. The molecule has 0 fully saturated rings. The van der Waals surface area contributed by atoms with Crippen molar-refractivity contribution in [3.05, 3.63) is 0 Å². The minimum absolute atomic E-state index is 0.126. The molecular weight excluding hydrogens is 202 g/mol. The fraction of sp³-hybridized carbons (Fsp3) is 1.00. The molecule has 0 bridgehead atoms. The molecule has 1 atom stereocenters. The third kappa shape index (κ3) is 5.39. The summed E-state index contributed by atoms with van der Waals surface area (Å²) in [4.78, 5) is 1.56. The third-order valence-electron chi connectivity index (χ3n) is 2.42. The van der Waals surface area contributed by atoms with Crippen molar-refractivity contribution >= 4 is 0 Å². The van der Waals surface area contributed by atoms with E-state index in [0.717, 1.165) is 0 Å². The molecular formula is C10H22F2N2O. The van der Waals surface area contributed by atoms with Crippen LogP contribution in [0.5, 0.6) is 0 Å². The highest BCUT2D eigenvalue weighted by atomic mass is 19.3. The number of nitrogens with two attached hydrogens (primary N) is 1. The summed E-state index contributed by atoms with van der Waals surface area (Å²) in [7, 11) is 0. The predicted molar refractivity (Wildman–Crippen MR) is 57.0 cm³/mol. The first-order valence-corrected chi connectivity index (χ1v) is 5.16. The number of hydrogen-bond acceptors (Lipinski definition) is 3. The van der Waals surface area contributed by atoms with Crippen molar-refractivity contribution < 1.29 is 13.9 Å². The zero-order valence-electron chi connectivity index (χ0n) is 9.71. The van der Waals surface area contributed by atoms with E-state index in [1.807, 2.05) is 20.8 Å². The Morgan fingerprint density at radius 1 is 1.33 bits per heavy atom. The molecule has 0 aliphatic carbocycles. The van der Waals surface area contributed by atoms with Crippen LogP contribution in [-0.2, 0) is 0 Å². The van der Waals surface area contributed by atoms with Crippen LogP contribution < -0.4 is 5.73 Å². The normalized spacial score (nSPS) is 15.0. The quantitative estimate of drug-likeness (QED) is 0.705. The summed E-state index contributed by atoms with van der Waals surface area (Å²) in [6.07, 6.45) is -2.40. The van der Waals surface area contributed by atoms with E-state index in [-0.39, 0.29) is 31.2 Å². The lowest BCUT2D eigenvalue weighted by Crippen LogP contribution is -2.51. The second-order valence-electron chi connectivity index (χ2n) is 4.73. The maximum absolute atomic E-state index is 12.3. The summed E-state index contributed by atoms with van der Waals surface area (Å²) in [5.41, 5.74) is 5.43. The Kier molecular flexibility index (Phi) is 6.24. The Morgan fingerprint density at radius 3 is 2.13 bits per heavy atom. The summed E-state index contributed by atoms with van der Waals surface area (Å²) in [5.74, 6) is 0. The summed E-state index contributed by atoms with van der Waals surface area (Å²) in [6.45, 7) is 5.97. The van der Waals surface area contributed by atoms with E-state index < -0.39 is 6.43 Å². The average molecular weight is 224 g/mol. The maximum atomic E-state index is 12.3. The molecule has 15 heavy (non-hydrogen) atoms. The van der Waals surface area contributed by atoms with Gasteiger partial charge in [-0.25, -0.2) is 8.78 Å². The van der Waals surface area contributed by atoms with Crippen molar-refractivity contribution in [2.45, 2.75) is 33.2 Å². The summed E-state index contributed by atoms with van der Waals surface area (Å²) in [6, 6.07) is -0.140. The Labute approximate surface area is 90.2 Å². The first-order chi connectivity index (χ1) is 6.82. The van der Waals surface area contributed by atoms with Gasteiger partial charge < -0.3 is 10.8 Å². The van der Waals surface area contributed by atoms with Gasteiger partial charge in [0.1, 0.15) is 0 Å². The van der Waals surface area contributed by atoms with Crippen molar-refractivity contribution in [3.8, 4) is 0 Å². The summed E-state index contributed by atoms with van der Waals surface area (Å²) >= 11 is 0. The maximum Gasteiger partial charge on any atom is 0.251 e. The molecule has 0 radical (unpaired) electrons.